The van der Waals surface area contributed by atoms with Crippen LogP contribution in [0.15, 0.2) is 78.9 Å². The van der Waals surface area contributed by atoms with Crippen molar-refractivity contribution < 1.29 is 0 Å². The van der Waals surface area contributed by atoms with Gasteiger partial charge >= 0.3 is 0 Å². The van der Waals surface area contributed by atoms with Crippen molar-refractivity contribution in [3.05, 3.63) is 101 Å². The first-order chi connectivity index (χ1) is 17.2. The third kappa shape index (κ3) is 4.96. The number of H-pyrrole nitrogens is 1. The molecule has 0 radical (unpaired) electrons. The molecule has 0 saturated carbocycles. The van der Waals surface area contributed by atoms with Crippen LogP contribution in [0.5, 0.6) is 0 Å². The van der Waals surface area contributed by atoms with Gasteiger partial charge in [0, 0.05) is 12.0 Å². The fourth-order valence-corrected chi connectivity index (χ4v) is 4.24. The van der Waals surface area contributed by atoms with Gasteiger partial charge in [0.25, 0.3) is 0 Å². The van der Waals surface area contributed by atoms with Crippen molar-refractivity contribution in [1.29, 1.82) is 5.41 Å². The molecule has 3 aromatic carbocycles. The van der Waals surface area contributed by atoms with Gasteiger partial charge in [0.2, 0.25) is 5.62 Å². The molecule has 0 fully saturated rings. The van der Waals surface area contributed by atoms with Crippen molar-refractivity contribution in [1.82, 2.24) is 35.0 Å². The number of rotatable bonds is 9. The van der Waals surface area contributed by atoms with Crippen LogP contribution >= 0.6 is 0 Å². The highest BCUT2D eigenvalue weighted by Crippen LogP contribution is 2.29. The summed E-state index contributed by atoms with van der Waals surface area (Å²) in [6, 6.07) is 26.7. The first-order valence-corrected chi connectivity index (χ1v) is 11.9. The molecule has 5 rings (SSSR count). The van der Waals surface area contributed by atoms with Gasteiger partial charge in [-0.05, 0) is 39.1 Å². The summed E-state index contributed by atoms with van der Waals surface area (Å²) >= 11 is 0. The van der Waals surface area contributed by atoms with Crippen LogP contribution < -0.4 is 5.62 Å². The van der Waals surface area contributed by atoms with Crippen LogP contribution in [0.2, 0.25) is 0 Å². The maximum Gasteiger partial charge on any atom is 0.220 e. The van der Waals surface area contributed by atoms with Gasteiger partial charge in [0.1, 0.15) is 5.82 Å². The Hall–Kier alpha value is -4.33. The molecule has 0 unspecified atom stereocenters. The lowest BCUT2D eigenvalue weighted by Gasteiger charge is -2.10. The van der Waals surface area contributed by atoms with Crippen LogP contribution in [0, 0.1) is 5.41 Å². The van der Waals surface area contributed by atoms with Crippen molar-refractivity contribution >= 4 is 0 Å². The molecule has 2 N–H and O–H groups in total. The predicted octanol–water partition coefficient (Wildman–Crippen LogP) is 4.45. The highest BCUT2D eigenvalue weighted by molar-refractivity contribution is 5.80. The highest BCUT2D eigenvalue weighted by Gasteiger charge is 2.13. The van der Waals surface area contributed by atoms with Gasteiger partial charge in [0.15, 0.2) is 5.82 Å². The van der Waals surface area contributed by atoms with E-state index in [0.717, 1.165) is 52.9 Å². The molecule has 5 aromatic rings. The van der Waals surface area contributed by atoms with Gasteiger partial charge < -0.3 is 0 Å². The zero-order chi connectivity index (χ0) is 24.0. The van der Waals surface area contributed by atoms with Crippen LogP contribution in [-0.2, 0) is 19.5 Å². The number of hydrogen-bond acceptors (Lipinski definition) is 5. The van der Waals surface area contributed by atoms with Crippen LogP contribution in [0.25, 0.3) is 22.5 Å². The van der Waals surface area contributed by atoms with Crippen LogP contribution in [0.4, 0.5) is 0 Å². The zero-order valence-corrected chi connectivity index (χ0v) is 19.7. The van der Waals surface area contributed by atoms with E-state index in [2.05, 4.69) is 70.0 Å². The lowest BCUT2D eigenvalue weighted by Crippen LogP contribution is -2.26. The molecule has 2 heterocycles. The number of benzene rings is 3. The van der Waals surface area contributed by atoms with Crippen molar-refractivity contribution in [3.8, 4) is 22.5 Å². The Morgan fingerprint density at radius 1 is 0.829 bits per heavy atom. The summed E-state index contributed by atoms with van der Waals surface area (Å²) < 4.78 is 3.83. The Kier molecular flexibility index (Phi) is 6.61. The number of aromatic nitrogens is 7. The number of nitrogens with one attached hydrogen (secondary N) is 2. The molecule has 0 amide bonds. The SMILES string of the molecule is CCCCc1nn(Cc2ccccc2)c(=N)n1Cc1ccc(-c2ccccc2-c2nnn[nH]2)cc1. The summed E-state index contributed by atoms with van der Waals surface area (Å²) in [6.07, 6.45) is 3.00. The molecule has 0 aliphatic heterocycles. The monoisotopic (exact) mass is 464 g/mol. The van der Waals surface area contributed by atoms with Gasteiger partial charge in [-0.15, -0.1) is 5.10 Å². The average molecular weight is 465 g/mol. The van der Waals surface area contributed by atoms with Gasteiger partial charge in [-0.3, -0.25) is 9.98 Å². The van der Waals surface area contributed by atoms with E-state index < -0.39 is 0 Å². The fourth-order valence-electron chi connectivity index (χ4n) is 4.24. The lowest BCUT2D eigenvalue weighted by molar-refractivity contribution is 0.608. The molecule has 0 atom stereocenters. The smallest absolute Gasteiger partial charge is 0.220 e. The minimum Gasteiger partial charge on any atom is -0.293 e. The van der Waals surface area contributed by atoms with E-state index >= 15 is 0 Å². The van der Waals surface area contributed by atoms with Gasteiger partial charge in [-0.1, -0.05) is 92.2 Å². The van der Waals surface area contributed by atoms with Crippen LogP contribution in [-0.4, -0.2) is 35.0 Å². The first-order valence-electron chi connectivity index (χ1n) is 11.9. The van der Waals surface area contributed by atoms with E-state index in [1.807, 2.05) is 41.0 Å². The molecule has 2 aromatic heterocycles. The zero-order valence-electron chi connectivity index (χ0n) is 19.7. The number of unbranched alkanes of at least 4 members (excludes halogenated alkanes) is 1. The van der Waals surface area contributed by atoms with Gasteiger partial charge in [-0.25, -0.2) is 9.78 Å². The summed E-state index contributed by atoms with van der Waals surface area (Å²) in [7, 11) is 0. The third-order valence-electron chi connectivity index (χ3n) is 6.11. The molecule has 35 heavy (non-hydrogen) atoms. The van der Waals surface area contributed by atoms with Gasteiger partial charge in [-0.2, -0.15) is 5.10 Å². The van der Waals surface area contributed by atoms with E-state index in [4.69, 9.17) is 10.5 Å². The molecule has 176 valence electrons. The molecular weight excluding hydrogens is 436 g/mol. The number of nitrogens with zero attached hydrogens (tertiary/aromatic N) is 6. The van der Waals surface area contributed by atoms with Crippen molar-refractivity contribution in [3.63, 3.8) is 0 Å². The fraction of sp³-hybridized carbons (Fsp3) is 0.222. The van der Waals surface area contributed by atoms with E-state index in [1.54, 1.807) is 4.68 Å². The van der Waals surface area contributed by atoms with E-state index in [9.17, 15) is 0 Å². The second-order valence-electron chi connectivity index (χ2n) is 8.57. The Bertz CT molecular complexity index is 1430. The molecular formula is C27H28N8. The molecule has 0 aliphatic carbocycles. The summed E-state index contributed by atoms with van der Waals surface area (Å²) in [5, 5.41) is 28.0. The maximum absolute atomic E-state index is 8.83. The van der Waals surface area contributed by atoms with Crippen molar-refractivity contribution in [2.45, 2.75) is 39.3 Å². The number of hydrogen-bond donors (Lipinski definition) is 2. The Balaban J connectivity index is 1.42. The third-order valence-corrected chi connectivity index (χ3v) is 6.11. The number of aryl methyl sites for hydroxylation is 1. The van der Waals surface area contributed by atoms with E-state index in [-0.39, 0.29) is 0 Å². The number of tetrazole rings is 1. The molecule has 0 spiro atoms. The van der Waals surface area contributed by atoms with Crippen LogP contribution in [0.1, 0.15) is 36.7 Å². The predicted molar refractivity (Wildman–Crippen MR) is 134 cm³/mol. The summed E-state index contributed by atoms with van der Waals surface area (Å²) in [6.45, 7) is 3.39. The summed E-state index contributed by atoms with van der Waals surface area (Å²) in [5.41, 5.74) is 5.80. The standard InChI is InChI=1S/C27H28N8/c1-2-3-13-25-31-35(19-20-9-5-4-6-10-20)27(28)34(25)18-21-14-16-22(17-15-21)23-11-7-8-12-24(23)26-29-32-33-30-26/h4-12,14-17,28H,2-3,13,18-19H2,1H3,(H,29,30,32,33). The highest BCUT2D eigenvalue weighted by atomic mass is 15.5. The molecule has 0 saturated heterocycles. The summed E-state index contributed by atoms with van der Waals surface area (Å²) in [5.74, 6) is 1.60. The van der Waals surface area contributed by atoms with Crippen molar-refractivity contribution in [2.24, 2.45) is 0 Å². The minimum absolute atomic E-state index is 0.423. The molecule has 8 heteroatoms. The minimum atomic E-state index is 0.423. The quantitative estimate of drug-likeness (QED) is 0.336. The second-order valence-corrected chi connectivity index (χ2v) is 8.57. The van der Waals surface area contributed by atoms with Crippen LogP contribution in [0.3, 0.4) is 0 Å². The number of aromatic amines is 1. The lowest BCUT2D eigenvalue weighted by atomic mass is 9.98. The molecule has 0 bridgehead atoms. The first kappa shape index (κ1) is 22.5. The average Bonchev–Trinajstić information content (AvgIpc) is 3.54. The Labute approximate surface area is 203 Å². The van der Waals surface area contributed by atoms with E-state index in [0.29, 0.717) is 24.5 Å². The molecule has 0 aliphatic rings. The normalized spacial score (nSPS) is 11.1. The second kappa shape index (κ2) is 10.3. The Morgan fingerprint density at radius 3 is 2.26 bits per heavy atom. The van der Waals surface area contributed by atoms with E-state index in [1.165, 1.54) is 0 Å². The maximum atomic E-state index is 8.83. The topological polar surface area (TPSA) is 101 Å². The Morgan fingerprint density at radius 2 is 1.54 bits per heavy atom. The van der Waals surface area contributed by atoms with Crippen molar-refractivity contribution in [2.75, 3.05) is 0 Å². The largest absolute Gasteiger partial charge is 0.293 e. The van der Waals surface area contributed by atoms with Gasteiger partial charge in [0.05, 0.1) is 13.1 Å². The summed E-state index contributed by atoms with van der Waals surface area (Å²) in [4.78, 5) is 0. The molecule has 8 nitrogen and oxygen atoms in total.